The predicted octanol–water partition coefficient (Wildman–Crippen LogP) is 2.88. The Morgan fingerprint density at radius 2 is 1.87 bits per heavy atom. The van der Waals surface area contributed by atoms with Crippen LogP contribution in [0.3, 0.4) is 0 Å². The molecule has 1 atom stereocenters. The fraction of sp³-hybridized carbons (Fsp3) is 0.389. The lowest BCUT2D eigenvalue weighted by Gasteiger charge is -2.17. The van der Waals surface area contributed by atoms with E-state index < -0.39 is 0 Å². The van der Waals surface area contributed by atoms with Crippen LogP contribution in [0.1, 0.15) is 47.6 Å². The van der Waals surface area contributed by atoms with E-state index in [1.807, 2.05) is 44.2 Å². The molecule has 0 bridgehead atoms. The Morgan fingerprint density at radius 3 is 2.57 bits per heavy atom. The first-order valence-corrected chi connectivity index (χ1v) is 8.10. The summed E-state index contributed by atoms with van der Waals surface area (Å²) >= 11 is 0. The van der Waals surface area contributed by atoms with Crippen molar-refractivity contribution < 1.29 is 4.79 Å². The van der Waals surface area contributed by atoms with E-state index >= 15 is 0 Å². The Labute approximate surface area is 136 Å². The van der Waals surface area contributed by atoms with Crippen LogP contribution in [0.5, 0.6) is 0 Å². The van der Waals surface area contributed by atoms with E-state index in [4.69, 9.17) is 0 Å². The number of carbonyl (C=O) groups excluding carboxylic acids is 1. The van der Waals surface area contributed by atoms with Gasteiger partial charge in [0, 0.05) is 18.8 Å². The van der Waals surface area contributed by atoms with Crippen LogP contribution in [0.2, 0.25) is 0 Å². The largest absolute Gasteiger partial charge is 0.344 e. The fourth-order valence-electron chi connectivity index (χ4n) is 2.82. The highest BCUT2D eigenvalue weighted by Crippen LogP contribution is 2.17. The number of anilines is 1. The minimum Gasteiger partial charge on any atom is -0.344 e. The first-order valence-electron chi connectivity index (χ1n) is 8.10. The van der Waals surface area contributed by atoms with Crippen LogP contribution in [-0.4, -0.2) is 29.0 Å². The number of carbonyl (C=O) groups is 1. The number of amides is 1. The minimum absolute atomic E-state index is 0.0609. The van der Waals surface area contributed by atoms with E-state index in [1.54, 1.807) is 6.07 Å². The van der Waals surface area contributed by atoms with Gasteiger partial charge in [-0.15, -0.1) is 0 Å². The molecule has 3 rings (SSSR count). The molecular formula is C18H22N4O. The predicted molar refractivity (Wildman–Crippen MR) is 90.5 cm³/mol. The van der Waals surface area contributed by atoms with Gasteiger partial charge in [-0.05, 0) is 38.3 Å². The molecule has 0 radical (unpaired) electrons. The van der Waals surface area contributed by atoms with Gasteiger partial charge in [0.25, 0.3) is 5.91 Å². The van der Waals surface area contributed by atoms with Crippen LogP contribution in [0.25, 0.3) is 0 Å². The Kier molecular flexibility index (Phi) is 4.55. The molecule has 1 aromatic carbocycles. The van der Waals surface area contributed by atoms with Crippen molar-refractivity contribution in [2.24, 2.45) is 0 Å². The number of nitrogens with zero attached hydrogens (tertiary/aromatic N) is 3. The number of hydrogen-bond acceptors (Lipinski definition) is 4. The van der Waals surface area contributed by atoms with Crippen molar-refractivity contribution in [3.8, 4) is 0 Å². The smallest absolute Gasteiger partial charge is 0.270 e. The van der Waals surface area contributed by atoms with Crippen molar-refractivity contribution in [1.29, 1.82) is 0 Å². The summed E-state index contributed by atoms with van der Waals surface area (Å²) in [6.45, 7) is 5.80. The second-order valence-electron chi connectivity index (χ2n) is 5.99. The van der Waals surface area contributed by atoms with Gasteiger partial charge in [0.05, 0.1) is 6.04 Å². The number of nitrogens with one attached hydrogen (secondary N) is 1. The third kappa shape index (κ3) is 3.67. The van der Waals surface area contributed by atoms with Gasteiger partial charge < -0.3 is 10.2 Å². The third-order valence-electron chi connectivity index (χ3n) is 4.11. The van der Waals surface area contributed by atoms with Crippen LogP contribution >= 0.6 is 0 Å². The average molecular weight is 310 g/mol. The molecule has 1 amide bonds. The lowest BCUT2D eigenvalue weighted by Crippen LogP contribution is -2.29. The summed E-state index contributed by atoms with van der Waals surface area (Å²) in [4.78, 5) is 23.6. The monoisotopic (exact) mass is 310 g/mol. The summed E-state index contributed by atoms with van der Waals surface area (Å²) in [6, 6.07) is 11.6. The van der Waals surface area contributed by atoms with Gasteiger partial charge in [-0.3, -0.25) is 4.79 Å². The van der Waals surface area contributed by atoms with Crippen molar-refractivity contribution in [3.63, 3.8) is 0 Å². The van der Waals surface area contributed by atoms with Gasteiger partial charge in [0.1, 0.15) is 5.69 Å². The molecule has 23 heavy (non-hydrogen) atoms. The molecule has 1 saturated heterocycles. The molecule has 0 aliphatic carbocycles. The van der Waals surface area contributed by atoms with Crippen LogP contribution in [0.15, 0.2) is 36.4 Å². The van der Waals surface area contributed by atoms with Crippen molar-refractivity contribution >= 4 is 11.9 Å². The van der Waals surface area contributed by atoms with E-state index in [2.05, 4.69) is 20.2 Å². The number of hydrogen-bond donors (Lipinski definition) is 1. The van der Waals surface area contributed by atoms with E-state index in [-0.39, 0.29) is 11.9 Å². The molecule has 2 aromatic rings. The molecule has 1 aromatic heterocycles. The first kappa shape index (κ1) is 15.5. The fourth-order valence-corrected chi connectivity index (χ4v) is 2.82. The van der Waals surface area contributed by atoms with Crippen molar-refractivity contribution in [3.05, 3.63) is 53.3 Å². The van der Waals surface area contributed by atoms with Crippen LogP contribution in [0, 0.1) is 6.92 Å². The van der Waals surface area contributed by atoms with Crippen molar-refractivity contribution in [1.82, 2.24) is 15.3 Å². The summed E-state index contributed by atoms with van der Waals surface area (Å²) in [5.74, 6) is 0.507. The molecule has 5 heteroatoms. The lowest BCUT2D eigenvalue weighted by atomic mass is 10.1. The van der Waals surface area contributed by atoms with Crippen molar-refractivity contribution in [2.75, 3.05) is 18.0 Å². The zero-order chi connectivity index (χ0) is 16.2. The highest BCUT2D eigenvalue weighted by molar-refractivity contribution is 5.92. The van der Waals surface area contributed by atoms with E-state index in [1.165, 1.54) is 0 Å². The Balaban J connectivity index is 1.76. The molecule has 2 heterocycles. The van der Waals surface area contributed by atoms with Gasteiger partial charge >= 0.3 is 0 Å². The maximum absolute atomic E-state index is 12.5. The lowest BCUT2D eigenvalue weighted by molar-refractivity contribution is 0.0934. The summed E-state index contributed by atoms with van der Waals surface area (Å²) in [5, 5.41) is 3.01. The molecule has 1 fully saturated rings. The second kappa shape index (κ2) is 6.77. The Bertz CT molecular complexity index is 681. The van der Waals surface area contributed by atoms with Gasteiger partial charge in [0.15, 0.2) is 0 Å². The zero-order valence-corrected chi connectivity index (χ0v) is 13.6. The molecule has 0 spiro atoms. The number of aromatic nitrogens is 2. The summed E-state index contributed by atoms with van der Waals surface area (Å²) in [6.07, 6.45) is 2.31. The Morgan fingerprint density at radius 1 is 1.17 bits per heavy atom. The quantitative estimate of drug-likeness (QED) is 0.943. The molecule has 1 N–H and O–H groups in total. The summed E-state index contributed by atoms with van der Waals surface area (Å²) in [5.41, 5.74) is 2.33. The molecule has 5 nitrogen and oxygen atoms in total. The normalized spacial score (nSPS) is 15.5. The van der Waals surface area contributed by atoms with Crippen LogP contribution in [0.4, 0.5) is 5.95 Å². The molecule has 1 unspecified atom stereocenters. The highest BCUT2D eigenvalue weighted by Gasteiger charge is 2.19. The van der Waals surface area contributed by atoms with Gasteiger partial charge in [-0.25, -0.2) is 9.97 Å². The van der Waals surface area contributed by atoms with Gasteiger partial charge in [-0.1, -0.05) is 30.3 Å². The second-order valence-corrected chi connectivity index (χ2v) is 5.99. The number of benzene rings is 1. The van der Waals surface area contributed by atoms with Gasteiger partial charge in [-0.2, -0.15) is 0 Å². The highest BCUT2D eigenvalue weighted by atomic mass is 16.1. The van der Waals surface area contributed by atoms with Crippen molar-refractivity contribution in [2.45, 2.75) is 32.7 Å². The molecular weight excluding hydrogens is 288 g/mol. The molecule has 1 aliphatic heterocycles. The zero-order valence-electron chi connectivity index (χ0n) is 13.6. The van der Waals surface area contributed by atoms with E-state index in [0.29, 0.717) is 11.6 Å². The molecule has 0 saturated carbocycles. The maximum atomic E-state index is 12.5. The maximum Gasteiger partial charge on any atom is 0.270 e. The SMILES string of the molecule is Cc1cc(C(=O)NC(C)c2ccccc2)nc(N2CCCC2)n1. The van der Waals surface area contributed by atoms with Gasteiger partial charge in [0.2, 0.25) is 5.95 Å². The van der Waals surface area contributed by atoms with E-state index in [0.717, 1.165) is 37.2 Å². The van der Waals surface area contributed by atoms with Crippen LogP contribution < -0.4 is 10.2 Å². The summed E-state index contributed by atoms with van der Waals surface area (Å²) < 4.78 is 0. The standard InChI is InChI=1S/C18H22N4O/c1-13-12-16(21-18(19-13)22-10-6-7-11-22)17(23)20-14(2)15-8-4-3-5-9-15/h3-5,8-9,12,14H,6-7,10-11H2,1-2H3,(H,20,23). The Hall–Kier alpha value is -2.43. The number of rotatable bonds is 4. The first-order chi connectivity index (χ1) is 11.1. The van der Waals surface area contributed by atoms with E-state index in [9.17, 15) is 4.79 Å². The molecule has 1 aliphatic rings. The number of aryl methyl sites for hydroxylation is 1. The topological polar surface area (TPSA) is 58.1 Å². The summed E-state index contributed by atoms with van der Waals surface area (Å²) in [7, 11) is 0. The van der Waals surface area contributed by atoms with Crippen LogP contribution in [-0.2, 0) is 0 Å². The molecule has 120 valence electrons. The minimum atomic E-state index is -0.160. The third-order valence-corrected chi connectivity index (χ3v) is 4.11. The average Bonchev–Trinajstić information content (AvgIpc) is 3.09.